The number of benzene rings is 1. The van der Waals surface area contributed by atoms with Gasteiger partial charge in [-0.15, -0.1) is 0 Å². The Labute approximate surface area is 191 Å². The van der Waals surface area contributed by atoms with Gasteiger partial charge in [-0.1, -0.05) is 19.1 Å². The number of likely N-dealkylation sites (tertiary alicyclic amines) is 1. The van der Waals surface area contributed by atoms with Crippen molar-refractivity contribution in [3.8, 4) is 0 Å². The van der Waals surface area contributed by atoms with Gasteiger partial charge in [0.1, 0.15) is 17.9 Å². The van der Waals surface area contributed by atoms with Gasteiger partial charge in [0.05, 0.1) is 6.04 Å². The lowest BCUT2D eigenvalue weighted by atomic mass is 9.84. The summed E-state index contributed by atoms with van der Waals surface area (Å²) in [4.78, 5) is 28.0. The highest BCUT2D eigenvalue weighted by Crippen LogP contribution is 2.35. The molecule has 3 rings (SSSR count). The molecule has 0 spiro atoms. The first-order valence-electron chi connectivity index (χ1n) is 11.5. The van der Waals surface area contributed by atoms with Gasteiger partial charge in [0.15, 0.2) is 0 Å². The molecular weight excluding hydrogens is 440 g/mol. The number of piperazine rings is 1. The van der Waals surface area contributed by atoms with Crippen molar-refractivity contribution in [1.29, 1.82) is 0 Å². The molecule has 0 aromatic heterocycles. The third-order valence-electron chi connectivity index (χ3n) is 6.92. The minimum atomic E-state index is -4.29. The topological polar surface area (TPSA) is 64.7 Å². The number of rotatable bonds is 5. The molecule has 6 nitrogen and oxygen atoms in total. The van der Waals surface area contributed by atoms with Gasteiger partial charge in [0.25, 0.3) is 0 Å². The van der Waals surface area contributed by atoms with E-state index in [1.165, 1.54) is 15.9 Å². The van der Waals surface area contributed by atoms with E-state index >= 15 is 0 Å². The maximum absolute atomic E-state index is 14.1. The Morgan fingerprint density at radius 1 is 1.24 bits per heavy atom. The Kier molecular flexibility index (Phi) is 7.87. The largest absolute Gasteiger partial charge is 0.403 e. The first kappa shape index (κ1) is 25.3. The number of nitrogens with zero attached hydrogens (tertiary/aromatic N) is 2. The summed E-state index contributed by atoms with van der Waals surface area (Å²) >= 11 is 0. The number of halogens is 4. The fourth-order valence-corrected chi connectivity index (χ4v) is 4.66. The van der Waals surface area contributed by atoms with Crippen LogP contribution in [0.5, 0.6) is 0 Å². The highest BCUT2D eigenvalue weighted by molar-refractivity contribution is 5.88. The van der Waals surface area contributed by atoms with Gasteiger partial charge in [0.2, 0.25) is 5.91 Å². The van der Waals surface area contributed by atoms with E-state index in [0.29, 0.717) is 37.9 Å². The molecule has 2 aliphatic heterocycles. The van der Waals surface area contributed by atoms with Crippen LogP contribution in [-0.4, -0.2) is 66.2 Å². The highest BCUT2D eigenvalue weighted by Gasteiger charge is 2.42. The van der Waals surface area contributed by atoms with Crippen molar-refractivity contribution >= 4 is 11.9 Å². The summed E-state index contributed by atoms with van der Waals surface area (Å²) < 4.78 is 53.6. The van der Waals surface area contributed by atoms with Crippen molar-refractivity contribution in [2.75, 3.05) is 26.2 Å². The molecule has 2 N–H and O–H groups in total. The van der Waals surface area contributed by atoms with Gasteiger partial charge in [-0.3, -0.25) is 9.69 Å². The zero-order chi connectivity index (χ0) is 24.3. The summed E-state index contributed by atoms with van der Waals surface area (Å²) in [7, 11) is 0. The maximum Gasteiger partial charge on any atom is 0.403 e. The number of aryl methyl sites for hydroxylation is 1. The standard InChI is InChI=1S/C23H32F4N4O2/c1-4-16-13-18(5-6-19(16)24)20(29-22(33)31-12-9-28-21(32)14(31)2)17-7-10-30(11-8-17)15(3)23(25,26)27/h5-6,13-15,17,20H,4,7-12H2,1-3H3,(H,28,32)(H,29,33). The molecule has 0 aliphatic carbocycles. The lowest BCUT2D eigenvalue weighted by molar-refractivity contribution is -0.182. The molecule has 0 saturated carbocycles. The van der Waals surface area contributed by atoms with Crippen LogP contribution in [0.3, 0.4) is 0 Å². The zero-order valence-electron chi connectivity index (χ0n) is 19.2. The number of alkyl halides is 3. The Balaban J connectivity index is 1.81. The number of amides is 3. The molecule has 3 amide bonds. The van der Waals surface area contributed by atoms with Gasteiger partial charge in [0, 0.05) is 13.1 Å². The number of urea groups is 1. The molecule has 0 bridgehead atoms. The molecule has 33 heavy (non-hydrogen) atoms. The van der Waals surface area contributed by atoms with E-state index in [1.807, 2.05) is 6.92 Å². The Hall–Kier alpha value is -2.36. The molecule has 2 fully saturated rings. The molecular formula is C23H32F4N4O2. The second-order valence-electron chi connectivity index (χ2n) is 8.88. The van der Waals surface area contributed by atoms with Crippen molar-refractivity contribution < 1.29 is 27.2 Å². The first-order chi connectivity index (χ1) is 15.5. The number of carbonyl (C=O) groups excluding carboxylic acids is 2. The lowest BCUT2D eigenvalue weighted by Gasteiger charge is -2.41. The molecule has 2 saturated heterocycles. The summed E-state index contributed by atoms with van der Waals surface area (Å²) in [6.07, 6.45) is -2.90. The summed E-state index contributed by atoms with van der Waals surface area (Å²) in [5.41, 5.74) is 1.23. The maximum atomic E-state index is 14.1. The van der Waals surface area contributed by atoms with Crippen LogP contribution in [0.25, 0.3) is 0 Å². The minimum Gasteiger partial charge on any atom is -0.353 e. The van der Waals surface area contributed by atoms with E-state index in [-0.39, 0.29) is 30.7 Å². The molecule has 3 unspecified atom stereocenters. The number of nitrogens with one attached hydrogen (secondary N) is 2. The van der Waals surface area contributed by atoms with Crippen molar-refractivity contribution in [1.82, 2.24) is 20.4 Å². The van der Waals surface area contributed by atoms with Gasteiger partial charge >= 0.3 is 12.2 Å². The fraction of sp³-hybridized carbons (Fsp3) is 0.652. The van der Waals surface area contributed by atoms with E-state index in [0.717, 1.165) is 12.5 Å². The second-order valence-corrected chi connectivity index (χ2v) is 8.88. The van der Waals surface area contributed by atoms with Gasteiger partial charge < -0.3 is 15.5 Å². The molecule has 1 aromatic rings. The molecule has 2 aliphatic rings. The molecule has 3 atom stereocenters. The smallest absolute Gasteiger partial charge is 0.353 e. The monoisotopic (exact) mass is 472 g/mol. The lowest BCUT2D eigenvalue weighted by Crippen LogP contribution is -2.59. The summed E-state index contributed by atoms with van der Waals surface area (Å²) in [5, 5.41) is 5.73. The third-order valence-corrected chi connectivity index (χ3v) is 6.92. The van der Waals surface area contributed by atoms with Crippen molar-refractivity contribution in [3.05, 3.63) is 35.1 Å². The normalized spacial score (nSPS) is 22.6. The third kappa shape index (κ3) is 5.77. The van der Waals surface area contributed by atoms with Crippen LogP contribution in [-0.2, 0) is 11.2 Å². The molecule has 0 radical (unpaired) electrons. The van der Waals surface area contributed by atoms with Crippen LogP contribution in [0.4, 0.5) is 22.4 Å². The predicted octanol–water partition coefficient (Wildman–Crippen LogP) is 3.62. The van der Waals surface area contributed by atoms with Gasteiger partial charge in [-0.25, -0.2) is 9.18 Å². The number of piperidine rings is 1. The van der Waals surface area contributed by atoms with Gasteiger partial charge in [-0.05, 0) is 69.3 Å². The van der Waals surface area contributed by atoms with Crippen LogP contribution in [0.15, 0.2) is 18.2 Å². The first-order valence-corrected chi connectivity index (χ1v) is 11.5. The number of hydrogen-bond donors (Lipinski definition) is 2. The molecule has 184 valence electrons. The van der Waals surface area contributed by atoms with Crippen molar-refractivity contribution in [2.24, 2.45) is 5.92 Å². The summed E-state index contributed by atoms with van der Waals surface area (Å²) in [5.74, 6) is -0.686. The SMILES string of the molecule is CCc1cc(C(NC(=O)N2CCNC(=O)C2C)C2CCN(C(C)C(F)(F)F)CC2)ccc1F. The quantitative estimate of drug-likeness (QED) is 0.644. The average molecular weight is 473 g/mol. The Morgan fingerprint density at radius 3 is 2.52 bits per heavy atom. The van der Waals surface area contributed by atoms with Crippen LogP contribution in [0, 0.1) is 11.7 Å². The summed E-state index contributed by atoms with van der Waals surface area (Å²) in [6.45, 7) is 5.86. The van der Waals surface area contributed by atoms with Gasteiger partial charge in [-0.2, -0.15) is 13.2 Å². The molecule has 2 heterocycles. The summed E-state index contributed by atoms with van der Waals surface area (Å²) in [6, 6.07) is 1.64. The van der Waals surface area contributed by atoms with E-state index in [4.69, 9.17) is 0 Å². The molecule has 10 heteroatoms. The van der Waals surface area contributed by atoms with E-state index in [9.17, 15) is 27.2 Å². The van der Waals surface area contributed by atoms with Crippen LogP contribution < -0.4 is 10.6 Å². The minimum absolute atomic E-state index is 0.116. The Morgan fingerprint density at radius 2 is 1.91 bits per heavy atom. The fourth-order valence-electron chi connectivity index (χ4n) is 4.66. The van der Waals surface area contributed by atoms with E-state index in [2.05, 4.69) is 10.6 Å². The van der Waals surface area contributed by atoms with Crippen LogP contribution in [0.2, 0.25) is 0 Å². The highest BCUT2D eigenvalue weighted by atomic mass is 19.4. The second kappa shape index (κ2) is 10.3. The van der Waals surface area contributed by atoms with E-state index in [1.54, 1.807) is 19.1 Å². The predicted molar refractivity (Wildman–Crippen MR) is 116 cm³/mol. The van der Waals surface area contributed by atoms with Crippen LogP contribution >= 0.6 is 0 Å². The Bertz CT molecular complexity index is 855. The molecule has 1 aromatic carbocycles. The zero-order valence-corrected chi connectivity index (χ0v) is 19.2. The average Bonchev–Trinajstić information content (AvgIpc) is 2.78. The van der Waals surface area contributed by atoms with E-state index < -0.39 is 30.3 Å². The van der Waals surface area contributed by atoms with Crippen LogP contribution in [0.1, 0.15) is 50.8 Å². The number of hydrogen-bond acceptors (Lipinski definition) is 3. The van der Waals surface area contributed by atoms with Crippen molar-refractivity contribution in [3.63, 3.8) is 0 Å². The number of carbonyl (C=O) groups is 2. The van der Waals surface area contributed by atoms with Crippen molar-refractivity contribution in [2.45, 2.75) is 64.3 Å².